The van der Waals surface area contributed by atoms with Crippen LogP contribution >= 0.6 is 0 Å². The average molecular weight is 623 g/mol. The zero-order valence-corrected chi connectivity index (χ0v) is 31.1. The van der Waals surface area contributed by atoms with Crippen molar-refractivity contribution in [3.05, 3.63) is 144 Å². The maximum absolute atomic E-state index is 9.15. The molecule has 252 valence electrons. The molecule has 46 heavy (non-hydrogen) atoms. The Balaban J connectivity index is 0.000000307. The van der Waals surface area contributed by atoms with Gasteiger partial charge in [0, 0.05) is 5.92 Å². The quantitative estimate of drug-likeness (QED) is 0.186. The topological polar surface area (TPSA) is 20.2 Å². The second-order valence-corrected chi connectivity index (χ2v) is 14.4. The van der Waals surface area contributed by atoms with E-state index in [1.807, 2.05) is 18.2 Å². The third-order valence-corrected chi connectivity index (χ3v) is 9.15. The minimum absolute atomic E-state index is 0.238. The highest BCUT2D eigenvalue weighted by molar-refractivity contribution is 5.24. The minimum Gasteiger partial charge on any atom is -0.396 e. The van der Waals surface area contributed by atoms with E-state index in [9.17, 15) is 0 Å². The van der Waals surface area contributed by atoms with Crippen molar-refractivity contribution in [1.82, 2.24) is 0 Å². The predicted molar refractivity (Wildman–Crippen MR) is 205 cm³/mol. The lowest BCUT2D eigenvalue weighted by molar-refractivity contribution is 0.237. The van der Waals surface area contributed by atoms with Gasteiger partial charge in [-0.1, -0.05) is 197 Å². The molecular weight excluding hydrogens is 556 g/mol. The summed E-state index contributed by atoms with van der Waals surface area (Å²) >= 11 is 0. The van der Waals surface area contributed by atoms with Crippen LogP contribution in [0, 0.1) is 23.7 Å². The molecule has 2 atom stereocenters. The zero-order chi connectivity index (χ0) is 34.5. The van der Waals surface area contributed by atoms with Crippen molar-refractivity contribution in [2.24, 2.45) is 23.7 Å². The van der Waals surface area contributed by atoms with Crippen LogP contribution in [0.4, 0.5) is 0 Å². The highest BCUT2D eigenvalue weighted by atomic mass is 16.3. The van der Waals surface area contributed by atoms with E-state index in [-0.39, 0.29) is 12.5 Å². The van der Waals surface area contributed by atoms with E-state index in [1.165, 1.54) is 35.1 Å². The first-order chi connectivity index (χ1) is 21.8. The number of aliphatic hydroxyl groups excluding tert-OH is 1. The monoisotopic (exact) mass is 623 g/mol. The number of benzene rings is 4. The van der Waals surface area contributed by atoms with Crippen molar-refractivity contribution in [3.8, 4) is 0 Å². The minimum atomic E-state index is 0.238. The van der Waals surface area contributed by atoms with Crippen molar-refractivity contribution in [1.29, 1.82) is 0 Å². The van der Waals surface area contributed by atoms with Gasteiger partial charge in [0.1, 0.15) is 0 Å². The van der Waals surface area contributed by atoms with E-state index in [0.717, 1.165) is 17.8 Å². The molecular formula is C45H66O. The van der Waals surface area contributed by atoms with Gasteiger partial charge in [-0.2, -0.15) is 0 Å². The molecule has 0 fully saturated rings. The predicted octanol–water partition coefficient (Wildman–Crippen LogP) is 12.8. The van der Waals surface area contributed by atoms with Gasteiger partial charge in [0.25, 0.3) is 0 Å². The lowest BCUT2D eigenvalue weighted by Gasteiger charge is -2.29. The molecule has 2 unspecified atom stereocenters. The van der Waals surface area contributed by atoms with Gasteiger partial charge in [-0.3, -0.25) is 0 Å². The highest BCUT2D eigenvalue weighted by Crippen LogP contribution is 2.30. The summed E-state index contributed by atoms with van der Waals surface area (Å²) in [7, 11) is 0. The molecule has 4 aromatic carbocycles. The summed E-state index contributed by atoms with van der Waals surface area (Å²) in [4.78, 5) is 0. The molecule has 4 rings (SSSR count). The Morgan fingerprint density at radius 2 is 0.891 bits per heavy atom. The second-order valence-electron chi connectivity index (χ2n) is 14.4. The number of aliphatic hydroxyl groups is 1. The standard InChI is InChI=1S/2C12H18.C11H16O.C10H14/c1-10(2)12(3,4)11-8-6-5-7-9-11;1-4-12(10(2)3)11-8-6-5-7-9-11;1-9(2)11(8-12)10-6-4-3-5-7-10;1-9(2)8-10-6-4-3-5-7-10/h5-10H,1-4H3;5-10,12H,4H2,1-3H3;3-7,9,11-12H,8H2,1-2H3;3-7,9H,8H2,1-2H3. The van der Waals surface area contributed by atoms with Crippen LogP contribution in [0.25, 0.3) is 0 Å². The van der Waals surface area contributed by atoms with Gasteiger partial charge < -0.3 is 5.11 Å². The smallest absolute Gasteiger partial charge is 0.0502 e. The van der Waals surface area contributed by atoms with Crippen LogP contribution in [-0.2, 0) is 11.8 Å². The maximum atomic E-state index is 9.15. The molecule has 0 heterocycles. The van der Waals surface area contributed by atoms with Gasteiger partial charge in [-0.15, -0.1) is 0 Å². The summed E-state index contributed by atoms with van der Waals surface area (Å²) in [6.45, 7) is 25.0. The lowest BCUT2D eigenvalue weighted by Crippen LogP contribution is -2.23. The van der Waals surface area contributed by atoms with Crippen LogP contribution in [0.5, 0.6) is 0 Å². The fourth-order valence-electron chi connectivity index (χ4n) is 5.48. The normalized spacial score (nSPS) is 12.3. The van der Waals surface area contributed by atoms with Crippen molar-refractivity contribution >= 4 is 0 Å². The summed E-state index contributed by atoms with van der Waals surface area (Å²) in [5.41, 5.74) is 5.88. The molecule has 1 heteroatoms. The van der Waals surface area contributed by atoms with E-state index >= 15 is 0 Å². The average Bonchev–Trinajstić information content (AvgIpc) is 3.04. The van der Waals surface area contributed by atoms with E-state index in [1.54, 1.807) is 0 Å². The molecule has 0 saturated carbocycles. The van der Waals surface area contributed by atoms with Crippen molar-refractivity contribution in [2.75, 3.05) is 6.61 Å². The van der Waals surface area contributed by atoms with Gasteiger partial charge in [0.05, 0.1) is 6.61 Å². The van der Waals surface area contributed by atoms with E-state index < -0.39 is 0 Å². The summed E-state index contributed by atoms with van der Waals surface area (Å²) in [5, 5.41) is 9.15. The SMILES string of the molecule is CC(C)C(C)(C)c1ccccc1.CC(C)C(CO)c1ccccc1.CC(C)Cc1ccccc1.CCC(c1ccccc1)C(C)C. The number of hydrogen-bond acceptors (Lipinski definition) is 1. The molecule has 0 aromatic heterocycles. The molecule has 0 saturated heterocycles. The molecule has 0 spiro atoms. The molecule has 0 aliphatic rings. The lowest BCUT2D eigenvalue weighted by atomic mass is 9.75. The summed E-state index contributed by atoms with van der Waals surface area (Å²) in [5.74, 6) is 3.70. The van der Waals surface area contributed by atoms with Crippen molar-refractivity contribution in [2.45, 2.75) is 106 Å². The Bertz CT molecular complexity index is 1190. The molecule has 0 bridgehead atoms. The number of hydrogen-bond donors (Lipinski definition) is 1. The fourth-order valence-corrected chi connectivity index (χ4v) is 5.48. The van der Waals surface area contributed by atoms with E-state index in [2.05, 4.69) is 179 Å². The molecule has 1 N–H and O–H groups in total. The first-order valence-corrected chi connectivity index (χ1v) is 17.6. The molecule has 0 aliphatic heterocycles. The van der Waals surface area contributed by atoms with Gasteiger partial charge in [-0.05, 0) is 70.1 Å². The first-order valence-electron chi connectivity index (χ1n) is 17.6. The van der Waals surface area contributed by atoms with Crippen LogP contribution in [0.1, 0.15) is 117 Å². The van der Waals surface area contributed by atoms with Crippen LogP contribution in [-0.4, -0.2) is 11.7 Å². The van der Waals surface area contributed by atoms with E-state index in [0.29, 0.717) is 17.3 Å². The Hall–Kier alpha value is -3.16. The molecule has 0 aliphatic carbocycles. The number of rotatable bonds is 10. The molecule has 4 aromatic rings. The summed E-state index contributed by atoms with van der Waals surface area (Å²) < 4.78 is 0. The van der Waals surface area contributed by atoms with Gasteiger partial charge in [-0.25, -0.2) is 0 Å². The van der Waals surface area contributed by atoms with Gasteiger partial charge in [0.2, 0.25) is 0 Å². The zero-order valence-electron chi connectivity index (χ0n) is 31.1. The van der Waals surface area contributed by atoms with Crippen LogP contribution in [0.3, 0.4) is 0 Å². The highest BCUT2D eigenvalue weighted by Gasteiger charge is 2.23. The summed E-state index contributed by atoms with van der Waals surface area (Å²) in [6.07, 6.45) is 2.43. The Morgan fingerprint density at radius 3 is 1.22 bits per heavy atom. The van der Waals surface area contributed by atoms with Gasteiger partial charge in [0.15, 0.2) is 0 Å². The Morgan fingerprint density at radius 1 is 0.522 bits per heavy atom. The third-order valence-electron chi connectivity index (χ3n) is 9.15. The van der Waals surface area contributed by atoms with Gasteiger partial charge >= 0.3 is 0 Å². The van der Waals surface area contributed by atoms with Crippen molar-refractivity contribution < 1.29 is 5.11 Å². The largest absolute Gasteiger partial charge is 0.396 e. The molecule has 1 nitrogen and oxygen atoms in total. The molecule has 0 radical (unpaired) electrons. The maximum Gasteiger partial charge on any atom is 0.0502 e. The Labute approximate surface area is 284 Å². The van der Waals surface area contributed by atoms with Crippen LogP contribution < -0.4 is 0 Å². The third kappa shape index (κ3) is 15.4. The van der Waals surface area contributed by atoms with Crippen molar-refractivity contribution in [3.63, 3.8) is 0 Å². The van der Waals surface area contributed by atoms with Crippen LogP contribution in [0.2, 0.25) is 0 Å². The molecule has 0 amide bonds. The Kier molecular flexibility index (Phi) is 19.9. The van der Waals surface area contributed by atoms with Crippen LogP contribution in [0.15, 0.2) is 121 Å². The fraction of sp³-hybridized carbons (Fsp3) is 0.467. The van der Waals surface area contributed by atoms with E-state index in [4.69, 9.17) is 5.11 Å². The first kappa shape index (κ1) is 40.9. The summed E-state index contributed by atoms with van der Waals surface area (Å²) in [6, 6.07) is 42.3. The second kappa shape index (κ2) is 22.4.